The normalized spacial score (nSPS) is 14.5. The summed E-state index contributed by atoms with van der Waals surface area (Å²) in [6.07, 6.45) is 0.265. The minimum absolute atomic E-state index is 0.0480. The number of methoxy groups -OCH3 is 1. The van der Waals surface area contributed by atoms with Crippen LogP contribution in [0.2, 0.25) is 0 Å². The van der Waals surface area contributed by atoms with Gasteiger partial charge in [0.1, 0.15) is 12.4 Å². The molecule has 0 amide bonds. The molecule has 0 aliphatic rings. The Balaban J connectivity index is 2.71. The molecule has 0 heterocycles. The first-order valence-electron chi connectivity index (χ1n) is 5.61. The Kier molecular flexibility index (Phi) is 5.29. The van der Waals surface area contributed by atoms with Crippen molar-refractivity contribution in [2.45, 2.75) is 32.5 Å². The molecule has 1 rings (SSSR count). The van der Waals surface area contributed by atoms with Gasteiger partial charge in [0, 0.05) is 12.7 Å². The van der Waals surface area contributed by atoms with Crippen LogP contribution < -0.4 is 4.74 Å². The molecule has 0 bridgehead atoms. The molecular weight excluding hydrogens is 204 g/mol. The number of rotatable bonds is 6. The third kappa shape index (κ3) is 3.51. The second kappa shape index (κ2) is 6.51. The highest BCUT2D eigenvalue weighted by molar-refractivity contribution is 5.35. The summed E-state index contributed by atoms with van der Waals surface area (Å²) in [5.41, 5.74) is 0.841. The molecule has 1 aromatic carbocycles. The van der Waals surface area contributed by atoms with Gasteiger partial charge in [0.25, 0.3) is 0 Å². The van der Waals surface area contributed by atoms with E-state index in [2.05, 4.69) is 0 Å². The number of aliphatic hydroxyl groups excluding tert-OH is 1. The molecular formula is C13H20O3. The second-order valence-corrected chi connectivity index (χ2v) is 3.82. The van der Waals surface area contributed by atoms with Crippen molar-refractivity contribution in [2.75, 3.05) is 13.7 Å². The Labute approximate surface area is 97.0 Å². The van der Waals surface area contributed by atoms with E-state index in [0.29, 0.717) is 13.0 Å². The zero-order valence-corrected chi connectivity index (χ0v) is 10.1. The van der Waals surface area contributed by atoms with Gasteiger partial charge in [-0.1, -0.05) is 25.1 Å². The number of hydrogen-bond acceptors (Lipinski definition) is 3. The van der Waals surface area contributed by atoms with Crippen molar-refractivity contribution in [2.24, 2.45) is 0 Å². The van der Waals surface area contributed by atoms with Gasteiger partial charge in [-0.2, -0.15) is 0 Å². The lowest BCUT2D eigenvalue weighted by atomic mass is 10.1. The lowest BCUT2D eigenvalue weighted by Gasteiger charge is -2.16. The largest absolute Gasteiger partial charge is 0.491 e. The molecule has 1 N–H and O–H groups in total. The van der Waals surface area contributed by atoms with Gasteiger partial charge in [-0.3, -0.25) is 0 Å². The van der Waals surface area contributed by atoms with Crippen LogP contribution in [0.4, 0.5) is 0 Å². The minimum atomic E-state index is -0.464. The fourth-order valence-corrected chi connectivity index (χ4v) is 1.38. The van der Waals surface area contributed by atoms with Crippen LogP contribution in [-0.2, 0) is 4.74 Å². The third-order valence-electron chi connectivity index (χ3n) is 2.54. The average molecular weight is 224 g/mol. The summed E-state index contributed by atoms with van der Waals surface area (Å²) in [6, 6.07) is 7.57. The fraction of sp³-hybridized carbons (Fsp3) is 0.538. The molecule has 0 fully saturated rings. The van der Waals surface area contributed by atoms with Crippen LogP contribution in [0.5, 0.6) is 5.75 Å². The molecule has 16 heavy (non-hydrogen) atoms. The molecule has 0 spiro atoms. The number of ether oxygens (including phenoxy) is 2. The number of hydrogen-bond donors (Lipinski definition) is 1. The molecule has 0 aliphatic heterocycles. The van der Waals surface area contributed by atoms with Gasteiger partial charge in [-0.25, -0.2) is 0 Å². The average Bonchev–Trinajstić information content (AvgIpc) is 2.35. The maximum atomic E-state index is 9.82. The quantitative estimate of drug-likeness (QED) is 0.807. The van der Waals surface area contributed by atoms with Gasteiger partial charge >= 0.3 is 0 Å². The van der Waals surface area contributed by atoms with Gasteiger partial charge in [-0.15, -0.1) is 0 Å². The molecule has 2 atom stereocenters. The van der Waals surface area contributed by atoms with Crippen molar-refractivity contribution in [1.82, 2.24) is 0 Å². The van der Waals surface area contributed by atoms with Crippen LogP contribution in [0, 0.1) is 0 Å². The molecule has 0 radical (unpaired) electrons. The highest BCUT2D eigenvalue weighted by atomic mass is 16.5. The standard InChI is InChI=1S/C13H20O3/c1-4-12(14)11-7-5-6-8-13(11)16-9-10(2)15-3/h5-8,10,12,14H,4,9H2,1-3H3/t10?,12-/m0/s1. The predicted molar refractivity (Wildman–Crippen MR) is 63.7 cm³/mol. The Hall–Kier alpha value is -1.06. The summed E-state index contributed by atoms with van der Waals surface area (Å²) in [6.45, 7) is 4.38. The van der Waals surface area contributed by atoms with Crippen LogP contribution >= 0.6 is 0 Å². The first-order chi connectivity index (χ1) is 7.69. The topological polar surface area (TPSA) is 38.7 Å². The monoisotopic (exact) mass is 224 g/mol. The molecule has 1 unspecified atom stereocenters. The summed E-state index contributed by atoms with van der Waals surface area (Å²) in [5, 5.41) is 9.82. The van der Waals surface area contributed by atoms with E-state index in [1.54, 1.807) is 7.11 Å². The second-order valence-electron chi connectivity index (χ2n) is 3.82. The molecule has 0 aromatic heterocycles. The molecule has 0 saturated carbocycles. The van der Waals surface area contributed by atoms with Crippen LogP contribution in [0.25, 0.3) is 0 Å². The summed E-state index contributed by atoms with van der Waals surface area (Å²) < 4.78 is 10.7. The molecule has 3 nitrogen and oxygen atoms in total. The molecule has 3 heteroatoms. The highest BCUT2D eigenvalue weighted by Crippen LogP contribution is 2.26. The number of para-hydroxylation sites is 1. The van der Waals surface area contributed by atoms with Crippen molar-refractivity contribution in [3.05, 3.63) is 29.8 Å². The van der Waals surface area contributed by atoms with E-state index in [-0.39, 0.29) is 6.10 Å². The molecule has 90 valence electrons. The Bertz CT molecular complexity index is 312. The van der Waals surface area contributed by atoms with Gasteiger partial charge in [0.15, 0.2) is 0 Å². The van der Waals surface area contributed by atoms with E-state index >= 15 is 0 Å². The Morgan fingerprint density at radius 2 is 2.00 bits per heavy atom. The van der Waals surface area contributed by atoms with Crippen molar-refractivity contribution < 1.29 is 14.6 Å². The lowest BCUT2D eigenvalue weighted by molar-refractivity contribution is 0.0695. The maximum absolute atomic E-state index is 9.82. The first-order valence-corrected chi connectivity index (χ1v) is 5.61. The third-order valence-corrected chi connectivity index (χ3v) is 2.54. The fourth-order valence-electron chi connectivity index (χ4n) is 1.38. The summed E-state index contributed by atoms with van der Waals surface area (Å²) >= 11 is 0. The van der Waals surface area contributed by atoms with Crippen molar-refractivity contribution in [3.8, 4) is 5.75 Å². The van der Waals surface area contributed by atoms with E-state index in [9.17, 15) is 5.11 Å². The van der Waals surface area contributed by atoms with Crippen molar-refractivity contribution in [3.63, 3.8) is 0 Å². The van der Waals surface area contributed by atoms with E-state index < -0.39 is 6.10 Å². The zero-order chi connectivity index (χ0) is 12.0. The highest BCUT2D eigenvalue weighted by Gasteiger charge is 2.11. The molecule has 0 aliphatic carbocycles. The smallest absolute Gasteiger partial charge is 0.125 e. The molecule has 1 aromatic rings. The number of aliphatic hydroxyl groups is 1. The van der Waals surface area contributed by atoms with Gasteiger partial charge in [-0.05, 0) is 19.4 Å². The number of benzene rings is 1. The predicted octanol–water partition coefficient (Wildman–Crippen LogP) is 2.54. The summed E-state index contributed by atoms with van der Waals surface area (Å²) in [4.78, 5) is 0. The minimum Gasteiger partial charge on any atom is -0.491 e. The van der Waals surface area contributed by atoms with Gasteiger partial charge < -0.3 is 14.6 Å². The SMILES string of the molecule is CC[C@H](O)c1ccccc1OCC(C)OC. The van der Waals surface area contributed by atoms with Crippen LogP contribution in [-0.4, -0.2) is 24.9 Å². The Morgan fingerprint density at radius 3 is 2.62 bits per heavy atom. The van der Waals surface area contributed by atoms with Crippen LogP contribution in [0.3, 0.4) is 0 Å². The van der Waals surface area contributed by atoms with Crippen molar-refractivity contribution in [1.29, 1.82) is 0 Å². The van der Waals surface area contributed by atoms with E-state index in [0.717, 1.165) is 11.3 Å². The first kappa shape index (κ1) is 13.0. The van der Waals surface area contributed by atoms with E-state index in [1.807, 2.05) is 38.1 Å². The molecule has 0 saturated heterocycles. The lowest BCUT2D eigenvalue weighted by Crippen LogP contribution is -2.16. The van der Waals surface area contributed by atoms with E-state index in [1.165, 1.54) is 0 Å². The summed E-state index contributed by atoms with van der Waals surface area (Å²) in [5.74, 6) is 0.737. The summed E-state index contributed by atoms with van der Waals surface area (Å²) in [7, 11) is 1.65. The van der Waals surface area contributed by atoms with Gasteiger partial charge in [0.05, 0.1) is 12.2 Å². The van der Waals surface area contributed by atoms with Crippen LogP contribution in [0.1, 0.15) is 31.9 Å². The van der Waals surface area contributed by atoms with Crippen molar-refractivity contribution >= 4 is 0 Å². The van der Waals surface area contributed by atoms with Crippen LogP contribution in [0.15, 0.2) is 24.3 Å². The van der Waals surface area contributed by atoms with Gasteiger partial charge in [0.2, 0.25) is 0 Å². The maximum Gasteiger partial charge on any atom is 0.125 e. The zero-order valence-electron chi connectivity index (χ0n) is 10.1. The Morgan fingerprint density at radius 1 is 1.31 bits per heavy atom. The van der Waals surface area contributed by atoms with E-state index in [4.69, 9.17) is 9.47 Å².